The van der Waals surface area contributed by atoms with Crippen molar-refractivity contribution in [1.82, 2.24) is 9.61 Å². The van der Waals surface area contributed by atoms with Crippen molar-refractivity contribution in [2.75, 3.05) is 5.32 Å². The van der Waals surface area contributed by atoms with Crippen LogP contribution in [0.25, 0.3) is 5.52 Å². The SMILES string of the molecule is N#Cc1cnn2cc(C(=O)O)c(CO)c2c1Nc1ccc(Oc2ccccc2)cc1. The maximum atomic E-state index is 11.5. The number of aromatic carboxylic acids is 1. The number of ether oxygens (including phenoxy) is 1. The molecule has 4 rings (SSSR count). The van der Waals surface area contributed by atoms with Gasteiger partial charge in [-0.2, -0.15) is 10.4 Å². The molecule has 0 spiro atoms. The molecule has 0 saturated carbocycles. The van der Waals surface area contributed by atoms with Crippen LogP contribution in [-0.2, 0) is 6.61 Å². The second-order valence-electron chi connectivity index (χ2n) is 6.39. The Balaban J connectivity index is 1.71. The highest BCUT2D eigenvalue weighted by Crippen LogP contribution is 2.31. The first-order chi connectivity index (χ1) is 14.6. The summed E-state index contributed by atoms with van der Waals surface area (Å²) >= 11 is 0. The Morgan fingerprint density at radius 1 is 1.13 bits per heavy atom. The number of aliphatic hydroxyl groups is 1. The fourth-order valence-corrected chi connectivity index (χ4v) is 3.13. The number of fused-ring (bicyclic) bond motifs is 1. The van der Waals surface area contributed by atoms with Gasteiger partial charge < -0.3 is 20.3 Å². The Bertz CT molecular complexity index is 1260. The van der Waals surface area contributed by atoms with Gasteiger partial charge >= 0.3 is 5.97 Å². The number of nitrogens with one attached hydrogen (secondary N) is 1. The first-order valence-electron chi connectivity index (χ1n) is 8.98. The molecule has 0 aliphatic heterocycles. The number of anilines is 2. The molecular formula is C22H16N4O4. The van der Waals surface area contributed by atoms with Crippen LogP contribution in [0.1, 0.15) is 21.5 Å². The molecule has 0 fully saturated rings. The van der Waals surface area contributed by atoms with Crippen LogP contribution in [0.5, 0.6) is 11.5 Å². The lowest BCUT2D eigenvalue weighted by Crippen LogP contribution is -2.02. The van der Waals surface area contributed by atoms with Gasteiger partial charge in [-0.3, -0.25) is 0 Å². The third-order valence-corrected chi connectivity index (χ3v) is 4.52. The number of hydrogen-bond donors (Lipinski definition) is 3. The van der Waals surface area contributed by atoms with Crippen LogP contribution < -0.4 is 10.1 Å². The molecule has 8 heteroatoms. The number of nitriles is 1. The van der Waals surface area contributed by atoms with Crippen LogP contribution in [-0.4, -0.2) is 25.8 Å². The normalized spacial score (nSPS) is 10.5. The van der Waals surface area contributed by atoms with Crippen molar-refractivity contribution in [3.8, 4) is 17.6 Å². The second kappa shape index (κ2) is 7.95. The van der Waals surface area contributed by atoms with Crippen molar-refractivity contribution in [3.05, 3.63) is 83.7 Å². The molecule has 0 saturated heterocycles. The van der Waals surface area contributed by atoms with Gasteiger partial charge in [0.2, 0.25) is 0 Å². The lowest BCUT2D eigenvalue weighted by molar-refractivity contribution is 0.0693. The predicted molar refractivity (Wildman–Crippen MR) is 109 cm³/mol. The van der Waals surface area contributed by atoms with E-state index in [0.717, 1.165) is 0 Å². The highest BCUT2D eigenvalue weighted by Gasteiger charge is 2.21. The van der Waals surface area contributed by atoms with Crippen molar-refractivity contribution in [1.29, 1.82) is 5.26 Å². The molecule has 2 heterocycles. The van der Waals surface area contributed by atoms with E-state index in [9.17, 15) is 20.3 Å². The fraction of sp³-hybridized carbons (Fsp3) is 0.0455. The third-order valence-electron chi connectivity index (χ3n) is 4.52. The minimum Gasteiger partial charge on any atom is -0.478 e. The van der Waals surface area contributed by atoms with Crippen molar-refractivity contribution in [2.24, 2.45) is 0 Å². The van der Waals surface area contributed by atoms with Crippen LogP contribution in [0.2, 0.25) is 0 Å². The minimum absolute atomic E-state index is 0.0743. The lowest BCUT2D eigenvalue weighted by atomic mass is 10.1. The van der Waals surface area contributed by atoms with E-state index in [2.05, 4.69) is 10.4 Å². The summed E-state index contributed by atoms with van der Waals surface area (Å²) in [5.74, 6) is 0.165. The second-order valence-corrected chi connectivity index (χ2v) is 6.39. The summed E-state index contributed by atoms with van der Waals surface area (Å²) in [4.78, 5) is 11.5. The predicted octanol–water partition coefficient (Wildman–Crippen LogP) is 3.93. The zero-order valence-corrected chi connectivity index (χ0v) is 15.6. The largest absolute Gasteiger partial charge is 0.478 e. The molecular weight excluding hydrogens is 384 g/mol. The monoisotopic (exact) mass is 400 g/mol. The fourth-order valence-electron chi connectivity index (χ4n) is 3.13. The van der Waals surface area contributed by atoms with Gasteiger partial charge in [0.05, 0.1) is 35.1 Å². The molecule has 0 amide bonds. The third kappa shape index (κ3) is 3.53. The van der Waals surface area contributed by atoms with Crippen LogP contribution in [0.3, 0.4) is 0 Å². The van der Waals surface area contributed by atoms with E-state index in [1.807, 2.05) is 36.4 Å². The number of hydrogen-bond acceptors (Lipinski definition) is 6. The number of nitrogens with zero attached hydrogens (tertiary/aromatic N) is 3. The number of carbonyl (C=O) groups is 1. The maximum absolute atomic E-state index is 11.5. The van der Waals surface area contributed by atoms with Gasteiger partial charge in [0.1, 0.15) is 17.6 Å². The summed E-state index contributed by atoms with van der Waals surface area (Å²) in [7, 11) is 0. The number of aliphatic hydroxyl groups excluding tert-OH is 1. The first kappa shape index (κ1) is 19.0. The van der Waals surface area contributed by atoms with Crippen molar-refractivity contribution >= 4 is 22.9 Å². The number of rotatable bonds is 6. The average Bonchev–Trinajstić information content (AvgIpc) is 3.15. The molecule has 3 N–H and O–H groups in total. The molecule has 2 aromatic carbocycles. The molecule has 148 valence electrons. The number of para-hydroxylation sites is 1. The summed E-state index contributed by atoms with van der Waals surface area (Å²) in [5, 5.41) is 35.9. The number of carboxylic acids is 1. The zero-order chi connectivity index (χ0) is 21.1. The Kier molecular flexibility index (Phi) is 5.03. The average molecular weight is 400 g/mol. The Hall–Kier alpha value is -4.35. The Morgan fingerprint density at radius 2 is 1.83 bits per heavy atom. The highest BCUT2D eigenvalue weighted by atomic mass is 16.5. The van der Waals surface area contributed by atoms with Crippen LogP contribution in [0.15, 0.2) is 67.0 Å². The molecule has 0 aliphatic rings. The number of aromatic nitrogens is 2. The van der Waals surface area contributed by atoms with Gasteiger partial charge in [-0.15, -0.1) is 0 Å². The molecule has 0 aliphatic carbocycles. The summed E-state index contributed by atoms with van der Waals surface area (Å²) in [5.41, 5.74) is 1.67. The van der Waals surface area contributed by atoms with Crippen molar-refractivity contribution in [2.45, 2.75) is 6.61 Å². The molecule has 0 atom stereocenters. The van der Waals surface area contributed by atoms with Gasteiger partial charge in [0, 0.05) is 17.4 Å². The summed E-state index contributed by atoms with van der Waals surface area (Å²) in [6.07, 6.45) is 2.65. The van der Waals surface area contributed by atoms with Gasteiger partial charge in [-0.25, -0.2) is 9.31 Å². The Labute approximate surface area is 171 Å². The standard InChI is InChI=1S/C22H16N4O4/c23-10-14-11-24-26-12-18(22(28)29)19(13-27)21(26)20(14)25-15-6-8-17(9-7-15)30-16-4-2-1-3-5-16/h1-9,11-12,25,27H,13H2,(H,28,29). The van der Waals surface area contributed by atoms with Gasteiger partial charge in [0.25, 0.3) is 0 Å². The molecule has 0 unspecified atom stereocenters. The molecule has 0 bridgehead atoms. The molecule has 4 aromatic rings. The lowest BCUT2D eigenvalue weighted by Gasteiger charge is -2.12. The topological polar surface area (TPSA) is 120 Å². The number of benzene rings is 2. The van der Waals surface area contributed by atoms with Crippen LogP contribution >= 0.6 is 0 Å². The van der Waals surface area contributed by atoms with E-state index in [1.54, 1.807) is 24.3 Å². The van der Waals surface area contributed by atoms with Crippen molar-refractivity contribution in [3.63, 3.8) is 0 Å². The van der Waals surface area contributed by atoms with Gasteiger partial charge in [-0.1, -0.05) is 18.2 Å². The van der Waals surface area contributed by atoms with E-state index in [0.29, 0.717) is 28.4 Å². The van der Waals surface area contributed by atoms with Crippen molar-refractivity contribution < 1.29 is 19.7 Å². The van der Waals surface area contributed by atoms with Gasteiger partial charge in [-0.05, 0) is 36.4 Å². The van der Waals surface area contributed by atoms with E-state index < -0.39 is 12.6 Å². The summed E-state index contributed by atoms with van der Waals surface area (Å²) < 4.78 is 7.11. The number of carboxylic acid groups (broad SMARTS) is 1. The minimum atomic E-state index is -1.18. The van der Waals surface area contributed by atoms with E-state index in [1.165, 1.54) is 16.9 Å². The van der Waals surface area contributed by atoms with Crippen LogP contribution in [0, 0.1) is 11.3 Å². The summed E-state index contributed by atoms with van der Waals surface area (Å²) in [6, 6.07) is 18.5. The summed E-state index contributed by atoms with van der Waals surface area (Å²) in [6.45, 7) is -0.507. The first-order valence-corrected chi connectivity index (χ1v) is 8.98. The zero-order valence-electron chi connectivity index (χ0n) is 15.6. The maximum Gasteiger partial charge on any atom is 0.337 e. The molecule has 2 aromatic heterocycles. The van der Waals surface area contributed by atoms with Gasteiger partial charge in [0.15, 0.2) is 0 Å². The smallest absolute Gasteiger partial charge is 0.337 e. The van der Waals surface area contributed by atoms with E-state index >= 15 is 0 Å². The molecule has 30 heavy (non-hydrogen) atoms. The quantitative estimate of drug-likeness (QED) is 0.448. The van der Waals surface area contributed by atoms with E-state index in [4.69, 9.17) is 4.74 Å². The van der Waals surface area contributed by atoms with Crippen LogP contribution in [0.4, 0.5) is 11.4 Å². The van der Waals surface area contributed by atoms with E-state index in [-0.39, 0.29) is 16.7 Å². The highest BCUT2D eigenvalue weighted by molar-refractivity contribution is 5.96. The molecule has 8 nitrogen and oxygen atoms in total. The molecule has 0 radical (unpaired) electrons. The Morgan fingerprint density at radius 3 is 2.47 bits per heavy atom.